The summed E-state index contributed by atoms with van der Waals surface area (Å²) < 4.78 is 38.4. The maximum Gasteiger partial charge on any atom is 0.405 e. The molecule has 1 heterocycles. The predicted molar refractivity (Wildman–Crippen MR) is 75.1 cm³/mol. The van der Waals surface area contributed by atoms with E-state index < -0.39 is 12.7 Å². The van der Waals surface area contributed by atoms with E-state index in [0.29, 0.717) is 23.0 Å². The smallest absolute Gasteiger partial charge is 0.345 e. The molecule has 8 heteroatoms. The van der Waals surface area contributed by atoms with Crippen molar-refractivity contribution in [1.29, 1.82) is 0 Å². The number of hydrogen-bond acceptors (Lipinski definition) is 5. The van der Waals surface area contributed by atoms with E-state index in [4.69, 9.17) is 5.84 Å². The molecule has 0 atom stereocenters. The minimum atomic E-state index is -4.29. The van der Waals surface area contributed by atoms with Gasteiger partial charge in [0.05, 0.1) is 0 Å². The summed E-state index contributed by atoms with van der Waals surface area (Å²) in [5.74, 6) is 6.91. The fourth-order valence-corrected chi connectivity index (χ4v) is 2.16. The van der Waals surface area contributed by atoms with Gasteiger partial charge in [-0.05, 0) is 33.6 Å². The summed E-state index contributed by atoms with van der Waals surface area (Å²) in [6.45, 7) is 4.04. The van der Waals surface area contributed by atoms with E-state index in [1.807, 2.05) is 0 Å². The molecule has 1 saturated carbocycles. The van der Waals surface area contributed by atoms with Gasteiger partial charge < -0.3 is 10.3 Å². The fourth-order valence-electron chi connectivity index (χ4n) is 2.16. The molecule has 1 aliphatic carbocycles. The normalized spacial score (nSPS) is 15.4. The Bertz CT molecular complexity index is 511. The van der Waals surface area contributed by atoms with E-state index in [0.717, 1.165) is 12.8 Å². The third-order valence-corrected chi connectivity index (χ3v) is 3.46. The van der Waals surface area contributed by atoms with Gasteiger partial charge in [0, 0.05) is 17.5 Å². The molecule has 0 aliphatic heterocycles. The van der Waals surface area contributed by atoms with Crippen molar-refractivity contribution >= 4 is 11.6 Å². The molecule has 0 unspecified atom stereocenters. The van der Waals surface area contributed by atoms with Crippen LogP contribution >= 0.6 is 0 Å². The second-order valence-corrected chi connectivity index (χ2v) is 5.63. The Morgan fingerprint density at radius 3 is 2.38 bits per heavy atom. The van der Waals surface area contributed by atoms with Crippen LogP contribution in [-0.2, 0) is 0 Å². The number of aromatic nitrogens is 2. The molecule has 118 valence electrons. The lowest BCUT2D eigenvalue weighted by Crippen LogP contribution is -2.40. The molecule has 3 N–H and O–H groups in total. The number of nitrogens with one attached hydrogen (secondary N) is 1. The van der Waals surface area contributed by atoms with E-state index in [2.05, 4.69) is 15.4 Å². The fraction of sp³-hybridized carbons (Fsp3) is 0.692. The van der Waals surface area contributed by atoms with Crippen molar-refractivity contribution in [3.8, 4) is 0 Å². The van der Waals surface area contributed by atoms with Crippen molar-refractivity contribution in [1.82, 2.24) is 9.97 Å². The number of nitrogens with zero attached hydrogens (tertiary/aromatic N) is 3. The van der Waals surface area contributed by atoms with E-state index in [9.17, 15) is 13.2 Å². The van der Waals surface area contributed by atoms with Gasteiger partial charge in [-0.15, -0.1) is 0 Å². The Morgan fingerprint density at radius 1 is 1.33 bits per heavy atom. The van der Waals surface area contributed by atoms with Gasteiger partial charge in [0.1, 0.15) is 24.0 Å². The van der Waals surface area contributed by atoms with Crippen molar-refractivity contribution in [2.24, 2.45) is 5.84 Å². The van der Waals surface area contributed by atoms with Gasteiger partial charge in [0.15, 0.2) is 0 Å². The lowest BCUT2D eigenvalue weighted by molar-refractivity contribution is -0.120. The van der Waals surface area contributed by atoms with Crippen molar-refractivity contribution in [3.05, 3.63) is 11.4 Å². The average molecular weight is 303 g/mol. The van der Waals surface area contributed by atoms with Crippen LogP contribution in [0.3, 0.4) is 0 Å². The quantitative estimate of drug-likeness (QED) is 0.646. The van der Waals surface area contributed by atoms with Crippen molar-refractivity contribution in [2.75, 3.05) is 16.9 Å². The lowest BCUT2D eigenvalue weighted by atomic mass is 10.2. The molecule has 21 heavy (non-hydrogen) atoms. The number of alkyl halides is 3. The molecule has 0 bridgehead atoms. The third kappa shape index (κ3) is 3.75. The topological polar surface area (TPSA) is 67.1 Å². The Morgan fingerprint density at radius 2 is 1.95 bits per heavy atom. The molecule has 0 spiro atoms. The summed E-state index contributed by atoms with van der Waals surface area (Å²) in [4.78, 5) is 9.90. The molecule has 0 amide bonds. The highest BCUT2D eigenvalue weighted by Gasteiger charge is 2.35. The Hall–Kier alpha value is -1.57. The van der Waals surface area contributed by atoms with E-state index in [-0.39, 0.29) is 12.0 Å². The maximum atomic E-state index is 12.8. The highest BCUT2D eigenvalue weighted by atomic mass is 19.4. The van der Waals surface area contributed by atoms with Crippen LogP contribution in [-0.4, -0.2) is 28.7 Å². The zero-order valence-electron chi connectivity index (χ0n) is 12.3. The number of hydrazine groups is 1. The average Bonchev–Trinajstić information content (AvgIpc) is 3.19. The summed E-state index contributed by atoms with van der Waals surface area (Å²) in [7, 11) is 0. The third-order valence-electron chi connectivity index (χ3n) is 3.46. The number of nitrogens with two attached hydrogens (primary N) is 1. The van der Waals surface area contributed by atoms with Crippen LogP contribution in [0.1, 0.15) is 44.0 Å². The molecule has 1 aliphatic rings. The zero-order valence-corrected chi connectivity index (χ0v) is 12.3. The van der Waals surface area contributed by atoms with Crippen LogP contribution < -0.4 is 16.2 Å². The Labute approximate surface area is 121 Å². The highest BCUT2D eigenvalue weighted by molar-refractivity contribution is 5.59. The van der Waals surface area contributed by atoms with Gasteiger partial charge in [-0.1, -0.05) is 0 Å². The second-order valence-electron chi connectivity index (χ2n) is 5.63. The number of halogens is 3. The number of anilines is 2. The molecular formula is C13H20F3N5. The van der Waals surface area contributed by atoms with Crippen LogP contribution in [0.2, 0.25) is 0 Å². The summed E-state index contributed by atoms with van der Waals surface area (Å²) in [6.07, 6.45) is -2.36. The SMILES string of the molecule is Cc1c(NN)nc(C2CC2)nc1N(CC(F)(F)F)C(C)C. The summed E-state index contributed by atoms with van der Waals surface area (Å²) in [5.41, 5.74) is 2.98. The summed E-state index contributed by atoms with van der Waals surface area (Å²) in [5, 5.41) is 0. The van der Waals surface area contributed by atoms with Crippen LogP contribution in [0.15, 0.2) is 0 Å². The van der Waals surface area contributed by atoms with Gasteiger partial charge in [-0.25, -0.2) is 15.8 Å². The van der Waals surface area contributed by atoms with Crippen LogP contribution in [0, 0.1) is 6.92 Å². The van der Waals surface area contributed by atoms with Crippen molar-refractivity contribution < 1.29 is 13.2 Å². The summed E-state index contributed by atoms with van der Waals surface area (Å²) in [6, 6.07) is -0.335. The van der Waals surface area contributed by atoms with Gasteiger partial charge in [-0.2, -0.15) is 13.2 Å². The molecule has 2 rings (SSSR count). The maximum absolute atomic E-state index is 12.8. The first-order valence-corrected chi connectivity index (χ1v) is 6.91. The van der Waals surface area contributed by atoms with Crippen LogP contribution in [0.5, 0.6) is 0 Å². The summed E-state index contributed by atoms with van der Waals surface area (Å²) >= 11 is 0. The Balaban J connectivity index is 2.45. The minimum Gasteiger partial charge on any atom is -0.345 e. The van der Waals surface area contributed by atoms with E-state index in [1.165, 1.54) is 4.90 Å². The minimum absolute atomic E-state index is 0.233. The van der Waals surface area contributed by atoms with Gasteiger partial charge in [0.2, 0.25) is 0 Å². The number of hydrogen-bond donors (Lipinski definition) is 2. The van der Waals surface area contributed by atoms with Gasteiger partial charge >= 0.3 is 6.18 Å². The predicted octanol–water partition coefficient (Wildman–Crippen LogP) is 2.73. The first kappa shape index (κ1) is 15.8. The first-order chi connectivity index (χ1) is 9.73. The van der Waals surface area contributed by atoms with E-state index >= 15 is 0 Å². The molecule has 0 saturated heterocycles. The largest absolute Gasteiger partial charge is 0.405 e. The molecule has 1 aromatic heterocycles. The second kappa shape index (κ2) is 5.67. The lowest BCUT2D eigenvalue weighted by Gasteiger charge is -2.30. The zero-order chi connectivity index (χ0) is 15.8. The first-order valence-electron chi connectivity index (χ1n) is 6.91. The van der Waals surface area contributed by atoms with Crippen molar-refractivity contribution in [2.45, 2.75) is 51.7 Å². The molecule has 5 nitrogen and oxygen atoms in total. The monoisotopic (exact) mass is 303 g/mol. The molecule has 0 aromatic carbocycles. The molecule has 1 fully saturated rings. The van der Waals surface area contributed by atoms with Crippen LogP contribution in [0.4, 0.5) is 24.8 Å². The Kier molecular flexibility index (Phi) is 4.27. The number of nitrogen functional groups attached to an aromatic ring is 1. The van der Waals surface area contributed by atoms with Crippen molar-refractivity contribution in [3.63, 3.8) is 0 Å². The molecule has 1 aromatic rings. The van der Waals surface area contributed by atoms with Crippen LogP contribution in [0.25, 0.3) is 0 Å². The van der Waals surface area contributed by atoms with E-state index in [1.54, 1.807) is 20.8 Å². The number of rotatable bonds is 5. The van der Waals surface area contributed by atoms with Gasteiger partial charge in [0.25, 0.3) is 0 Å². The highest BCUT2D eigenvalue weighted by Crippen LogP contribution is 2.40. The standard InChI is InChI=1S/C13H20F3N5/c1-7(2)21(6-13(14,15)16)12-8(3)10(20-17)18-11(19-12)9-4-5-9/h7,9H,4-6,17H2,1-3H3,(H,18,19,20). The van der Waals surface area contributed by atoms with Gasteiger partial charge in [-0.3, -0.25) is 0 Å². The molecular weight excluding hydrogens is 283 g/mol. The molecule has 0 radical (unpaired) electrons.